The van der Waals surface area contributed by atoms with Crippen LogP contribution in [0.2, 0.25) is 0 Å². The van der Waals surface area contributed by atoms with E-state index in [1.54, 1.807) is 0 Å². The van der Waals surface area contributed by atoms with Crippen molar-refractivity contribution in [3.63, 3.8) is 0 Å². The lowest BCUT2D eigenvalue weighted by Gasteiger charge is -2.27. The predicted molar refractivity (Wildman–Crippen MR) is 95.8 cm³/mol. The zero-order valence-corrected chi connectivity index (χ0v) is 14.9. The summed E-state index contributed by atoms with van der Waals surface area (Å²) in [5, 5.41) is 9.14. The first-order valence-electron chi connectivity index (χ1n) is 8.88. The van der Waals surface area contributed by atoms with Crippen LogP contribution >= 0.6 is 0 Å². The molecule has 2 aromatic rings. The highest BCUT2D eigenvalue weighted by Gasteiger charge is 2.30. The van der Waals surface area contributed by atoms with Gasteiger partial charge in [0.2, 0.25) is 0 Å². The van der Waals surface area contributed by atoms with Gasteiger partial charge in [0.15, 0.2) is 0 Å². The summed E-state index contributed by atoms with van der Waals surface area (Å²) < 4.78 is 43.8. The van der Waals surface area contributed by atoms with Crippen LogP contribution in [0.15, 0.2) is 42.5 Å². The highest BCUT2D eigenvalue weighted by atomic mass is 19.4. The molecule has 0 saturated heterocycles. The van der Waals surface area contributed by atoms with Gasteiger partial charge in [-0.25, -0.2) is 0 Å². The highest BCUT2D eigenvalue weighted by molar-refractivity contribution is 5.72. The van der Waals surface area contributed by atoms with Crippen LogP contribution in [0, 0.1) is 5.92 Å². The zero-order chi connectivity index (χ0) is 19.6. The minimum Gasteiger partial charge on any atom is -0.496 e. The molecule has 3 nitrogen and oxygen atoms in total. The molecule has 0 bridgehead atoms. The number of carboxylic acids is 1. The van der Waals surface area contributed by atoms with Gasteiger partial charge in [-0.2, -0.15) is 13.2 Å². The second kappa shape index (κ2) is 7.62. The number of methoxy groups -OCH3 is 1. The van der Waals surface area contributed by atoms with E-state index in [9.17, 15) is 18.0 Å². The highest BCUT2D eigenvalue weighted by Crippen LogP contribution is 2.40. The van der Waals surface area contributed by atoms with Crippen LogP contribution in [0.4, 0.5) is 13.2 Å². The van der Waals surface area contributed by atoms with E-state index in [0.29, 0.717) is 24.2 Å². The van der Waals surface area contributed by atoms with Crippen molar-refractivity contribution in [1.82, 2.24) is 0 Å². The lowest BCUT2D eigenvalue weighted by Crippen LogP contribution is -2.20. The average molecular weight is 378 g/mol. The van der Waals surface area contributed by atoms with Crippen LogP contribution in [0.25, 0.3) is 11.1 Å². The largest absolute Gasteiger partial charge is 0.496 e. The third-order valence-electron chi connectivity index (χ3n) is 5.29. The summed E-state index contributed by atoms with van der Waals surface area (Å²) in [5.41, 5.74) is 1.77. The summed E-state index contributed by atoms with van der Waals surface area (Å²) in [5.74, 6) is -0.181. The van der Waals surface area contributed by atoms with Gasteiger partial charge in [0.25, 0.3) is 0 Å². The number of benzene rings is 2. The molecule has 1 fully saturated rings. The summed E-state index contributed by atoms with van der Waals surface area (Å²) in [6.07, 6.45) is -1.51. The third kappa shape index (κ3) is 4.26. The van der Waals surface area contributed by atoms with Gasteiger partial charge in [-0.3, -0.25) is 4.79 Å². The molecule has 2 aromatic carbocycles. The van der Waals surface area contributed by atoms with Crippen LogP contribution in [-0.2, 0) is 11.0 Å². The Morgan fingerprint density at radius 3 is 2.19 bits per heavy atom. The fourth-order valence-corrected chi connectivity index (χ4v) is 3.72. The lowest BCUT2D eigenvalue weighted by molar-refractivity contribution is -0.143. The SMILES string of the molecule is COc1ccc(C2CCC(C(=O)O)CC2)cc1-c1ccc(C(F)(F)F)cc1. The molecule has 144 valence electrons. The van der Waals surface area contributed by atoms with Crippen LogP contribution in [-0.4, -0.2) is 18.2 Å². The predicted octanol–water partition coefficient (Wildman–Crippen LogP) is 5.74. The molecule has 0 unspecified atom stereocenters. The molecule has 0 spiro atoms. The quantitative estimate of drug-likeness (QED) is 0.738. The number of hydrogen-bond donors (Lipinski definition) is 1. The summed E-state index contributed by atoms with van der Waals surface area (Å²) in [6, 6.07) is 10.8. The summed E-state index contributed by atoms with van der Waals surface area (Å²) in [4.78, 5) is 11.1. The maximum Gasteiger partial charge on any atom is 0.416 e. The molecule has 0 aromatic heterocycles. The van der Waals surface area contributed by atoms with Crippen molar-refractivity contribution in [2.24, 2.45) is 5.92 Å². The Labute approximate surface area is 155 Å². The van der Waals surface area contributed by atoms with E-state index in [4.69, 9.17) is 9.84 Å². The zero-order valence-electron chi connectivity index (χ0n) is 14.9. The Balaban J connectivity index is 1.87. The van der Waals surface area contributed by atoms with Gasteiger partial charge in [0, 0.05) is 5.56 Å². The minimum atomic E-state index is -4.37. The van der Waals surface area contributed by atoms with Crippen LogP contribution in [0.3, 0.4) is 0 Å². The van der Waals surface area contributed by atoms with Gasteiger partial charge in [-0.15, -0.1) is 0 Å². The maximum absolute atomic E-state index is 12.8. The smallest absolute Gasteiger partial charge is 0.416 e. The molecular formula is C21H21F3O3. The van der Waals surface area contributed by atoms with Crippen molar-refractivity contribution >= 4 is 5.97 Å². The number of rotatable bonds is 4. The van der Waals surface area contributed by atoms with Crippen LogP contribution in [0.5, 0.6) is 5.75 Å². The first-order valence-corrected chi connectivity index (χ1v) is 8.88. The molecule has 1 aliphatic rings. The van der Waals surface area contributed by atoms with Crippen molar-refractivity contribution in [1.29, 1.82) is 0 Å². The molecule has 6 heteroatoms. The molecule has 0 radical (unpaired) electrons. The van der Waals surface area contributed by atoms with E-state index in [1.165, 1.54) is 19.2 Å². The first kappa shape index (κ1) is 19.3. The third-order valence-corrected chi connectivity index (χ3v) is 5.29. The van der Waals surface area contributed by atoms with Crippen molar-refractivity contribution in [2.45, 2.75) is 37.8 Å². The molecule has 0 heterocycles. The molecule has 0 amide bonds. The number of carbonyl (C=O) groups is 1. The second-order valence-electron chi connectivity index (χ2n) is 6.92. The number of aliphatic carboxylic acids is 1. The topological polar surface area (TPSA) is 46.5 Å². The standard InChI is InChI=1S/C21H21F3O3/c1-27-19-11-8-16(13-2-4-15(5-3-13)20(25)26)12-18(19)14-6-9-17(10-7-14)21(22,23)24/h6-13,15H,2-5H2,1H3,(H,25,26). The first-order chi connectivity index (χ1) is 12.8. The van der Waals surface area contributed by atoms with E-state index >= 15 is 0 Å². The minimum absolute atomic E-state index is 0.250. The number of alkyl halides is 3. The fourth-order valence-electron chi connectivity index (χ4n) is 3.72. The Morgan fingerprint density at radius 2 is 1.67 bits per heavy atom. The van der Waals surface area contributed by atoms with E-state index in [1.807, 2.05) is 18.2 Å². The Kier molecular flexibility index (Phi) is 5.44. The number of carboxylic acid groups (broad SMARTS) is 1. The van der Waals surface area contributed by atoms with Gasteiger partial charge in [0.1, 0.15) is 5.75 Å². The molecule has 1 saturated carbocycles. The normalized spacial score (nSPS) is 20.3. The monoisotopic (exact) mass is 378 g/mol. The summed E-state index contributed by atoms with van der Waals surface area (Å²) >= 11 is 0. The van der Waals surface area contributed by atoms with Gasteiger partial charge in [-0.05, 0) is 67.0 Å². The molecule has 1 aliphatic carbocycles. The Bertz CT molecular complexity index is 804. The number of halogens is 3. The van der Waals surface area contributed by atoms with E-state index in [2.05, 4.69) is 0 Å². The molecule has 0 atom stereocenters. The Hall–Kier alpha value is -2.50. The molecular weight excluding hydrogens is 357 g/mol. The molecule has 27 heavy (non-hydrogen) atoms. The average Bonchev–Trinajstić information content (AvgIpc) is 2.67. The van der Waals surface area contributed by atoms with Crippen molar-refractivity contribution in [2.75, 3.05) is 7.11 Å². The molecule has 3 rings (SSSR count). The van der Waals surface area contributed by atoms with Crippen molar-refractivity contribution in [3.05, 3.63) is 53.6 Å². The van der Waals surface area contributed by atoms with Gasteiger partial charge >= 0.3 is 12.1 Å². The summed E-state index contributed by atoms with van der Waals surface area (Å²) in [6.45, 7) is 0. The fraction of sp³-hybridized carbons (Fsp3) is 0.381. The van der Waals surface area contributed by atoms with Gasteiger partial charge < -0.3 is 9.84 Å². The van der Waals surface area contributed by atoms with Gasteiger partial charge in [-0.1, -0.05) is 18.2 Å². The number of hydrogen-bond acceptors (Lipinski definition) is 2. The molecule has 1 N–H and O–H groups in total. The summed E-state index contributed by atoms with van der Waals surface area (Å²) in [7, 11) is 1.53. The molecule has 0 aliphatic heterocycles. The van der Waals surface area contributed by atoms with Crippen molar-refractivity contribution < 1.29 is 27.8 Å². The lowest BCUT2D eigenvalue weighted by atomic mass is 9.78. The van der Waals surface area contributed by atoms with Crippen molar-refractivity contribution in [3.8, 4) is 16.9 Å². The van der Waals surface area contributed by atoms with E-state index < -0.39 is 17.7 Å². The van der Waals surface area contributed by atoms with Crippen LogP contribution < -0.4 is 4.74 Å². The second-order valence-corrected chi connectivity index (χ2v) is 6.92. The maximum atomic E-state index is 12.8. The van der Waals surface area contributed by atoms with E-state index in [0.717, 1.165) is 36.1 Å². The number of ether oxygens (including phenoxy) is 1. The van der Waals surface area contributed by atoms with Gasteiger partial charge in [0.05, 0.1) is 18.6 Å². The van der Waals surface area contributed by atoms with Crippen LogP contribution in [0.1, 0.15) is 42.7 Å². The Morgan fingerprint density at radius 1 is 1.04 bits per heavy atom. The van der Waals surface area contributed by atoms with E-state index in [-0.39, 0.29) is 11.8 Å².